The lowest BCUT2D eigenvalue weighted by Gasteiger charge is -2.35. The first-order chi connectivity index (χ1) is 12.2. The molecule has 1 aliphatic heterocycles. The number of hydrogen-bond donors (Lipinski definition) is 1. The summed E-state index contributed by atoms with van der Waals surface area (Å²) in [5.41, 5.74) is 1.99. The quantitative estimate of drug-likeness (QED) is 0.771. The SMILES string of the molecule is Cc1nc2nc(-c3ccccc3)cc(N3CCN(CCO)CC3)n2n1. The fourth-order valence-electron chi connectivity index (χ4n) is 3.28. The Labute approximate surface area is 146 Å². The van der Waals surface area contributed by atoms with Crippen LogP contribution >= 0.6 is 0 Å². The average molecular weight is 338 g/mol. The van der Waals surface area contributed by atoms with E-state index in [0.29, 0.717) is 5.78 Å². The maximum atomic E-state index is 9.12. The van der Waals surface area contributed by atoms with Crippen molar-refractivity contribution in [1.29, 1.82) is 0 Å². The molecular formula is C18H22N6O. The summed E-state index contributed by atoms with van der Waals surface area (Å²) in [6.45, 7) is 6.48. The third-order valence-corrected chi connectivity index (χ3v) is 4.58. The van der Waals surface area contributed by atoms with Crippen molar-refractivity contribution in [2.45, 2.75) is 6.92 Å². The Balaban J connectivity index is 1.72. The van der Waals surface area contributed by atoms with Crippen LogP contribution in [0.3, 0.4) is 0 Å². The Morgan fingerprint density at radius 2 is 1.80 bits per heavy atom. The molecule has 1 aromatic carbocycles. The zero-order valence-electron chi connectivity index (χ0n) is 14.3. The van der Waals surface area contributed by atoms with E-state index < -0.39 is 0 Å². The molecule has 0 bridgehead atoms. The standard InChI is InChI=1S/C18H22N6O/c1-14-19-18-20-16(15-5-3-2-4-6-15)13-17(24(18)21-14)23-9-7-22(8-10-23)11-12-25/h2-6,13,25H,7-12H2,1H3. The zero-order valence-corrected chi connectivity index (χ0v) is 14.3. The predicted molar refractivity (Wildman–Crippen MR) is 96.7 cm³/mol. The molecule has 0 unspecified atom stereocenters. The van der Waals surface area contributed by atoms with Crippen molar-refractivity contribution in [3.63, 3.8) is 0 Å². The zero-order chi connectivity index (χ0) is 17.2. The minimum Gasteiger partial charge on any atom is -0.395 e. The topological polar surface area (TPSA) is 69.8 Å². The molecule has 25 heavy (non-hydrogen) atoms. The summed E-state index contributed by atoms with van der Waals surface area (Å²) >= 11 is 0. The molecule has 4 rings (SSSR count). The highest BCUT2D eigenvalue weighted by Crippen LogP contribution is 2.24. The van der Waals surface area contributed by atoms with Gasteiger partial charge < -0.3 is 10.0 Å². The second-order valence-electron chi connectivity index (χ2n) is 6.29. The van der Waals surface area contributed by atoms with Gasteiger partial charge in [0.2, 0.25) is 0 Å². The van der Waals surface area contributed by atoms with Crippen LogP contribution in [0.15, 0.2) is 36.4 Å². The number of hydrogen-bond acceptors (Lipinski definition) is 6. The smallest absolute Gasteiger partial charge is 0.254 e. The molecule has 0 radical (unpaired) electrons. The Hall–Kier alpha value is -2.51. The molecule has 0 amide bonds. The molecule has 1 saturated heterocycles. The maximum absolute atomic E-state index is 9.12. The maximum Gasteiger partial charge on any atom is 0.254 e. The van der Waals surface area contributed by atoms with E-state index in [1.54, 1.807) is 0 Å². The molecule has 0 spiro atoms. The number of aryl methyl sites for hydroxylation is 1. The van der Waals surface area contributed by atoms with Crippen molar-refractivity contribution in [2.24, 2.45) is 0 Å². The molecule has 3 heterocycles. The van der Waals surface area contributed by atoms with Crippen LogP contribution in [-0.2, 0) is 0 Å². The van der Waals surface area contributed by atoms with Gasteiger partial charge in [-0.15, -0.1) is 5.10 Å². The third kappa shape index (κ3) is 3.20. The summed E-state index contributed by atoms with van der Waals surface area (Å²) in [7, 11) is 0. The highest BCUT2D eigenvalue weighted by molar-refractivity contribution is 5.65. The number of aliphatic hydroxyl groups is 1. The van der Waals surface area contributed by atoms with Gasteiger partial charge in [-0.25, -0.2) is 4.98 Å². The van der Waals surface area contributed by atoms with Crippen molar-refractivity contribution in [3.8, 4) is 11.3 Å². The largest absolute Gasteiger partial charge is 0.395 e. The Kier molecular flexibility index (Phi) is 4.33. The van der Waals surface area contributed by atoms with Gasteiger partial charge in [0.1, 0.15) is 11.6 Å². The second kappa shape index (κ2) is 6.78. The van der Waals surface area contributed by atoms with Gasteiger partial charge in [-0.05, 0) is 6.92 Å². The van der Waals surface area contributed by atoms with E-state index in [-0.39, 0.29) is 6.61 Å². The second-order valence-corrected chi connectivity index (χ2v) is 6.29. The molecule has 1 fully saturated rings. The van der Waals surface area contributed by atoms with Gasteiger partial charge in [-0.3, -0.25) is 4.90 Å². The van der Waals surface area contributed by atoms with E-state index in [9.17, 15) is 0 Å². The highest BCUT2D eigenvalue weighted by atomic mass is 16.3. The van der Waals surface area contributed by atoms with E-state index >= 15 is 0 Å². The average Bonchev–Trinajstić information content (AvgIpc) is 3.03. The number of nitrogens with zero attached hydrogens (tertiary/aromatic N) is 6. The predicted octanol–water partition coefficient (Wildman–Crippen LogP) is 1.21. The van der Waals surface area contributed by atoms with Crippen LogP contribution in [-0.4, -0.2) is 68.9 Å². The van der Waals surface area contributed by atoms with Crippen molar-refractivity contribution in [2.75, 3.05) is 44.2 Å². The third-order valence-electron chi connectivity index (χ3n) is 4.58. The van der Waals surface area contributed by atoms with Gasteiger partial charge in [0.15, 0.2) is 0 Å². The van der Waals surface area contributed by atoms with Gasteiger partial charge >= 0.3 is 0 Å². The van der Waals surface area contributed by atoms with Crippen LogP contribution < -0.4 is 4.90 Å². The number of anilines is 1. The minimum atomic E-state index is 0.208. The molecule has 3 aromatic rings. The van der Waals surface area contributed by atoms with Crippen LogP contribution in [0.25, 0.3) is 17.0 Å². The lowest BCUT2D eigenvalue weighted by atomic mass is 10.1. The highest BCUT2D eigenvalue weighted by Gasteiger charge is 2.21. The van der Waals surface area contributed by atoms with Crippen molar-refractivity contribution < 1.29 is 5.11 Å². The van der Waals surface area contributed by atoms with Gasteiger partial charge in [0.25, 0.3) is 5.78 Å². The van der Waals surface area contributed by atoms with Crippen LogP contribution in [0.5, 0.6) is 0 Å². The molecule has 2 aromatic heterocycles. The summed E-state index contributed by atoms with van der Waals surface area (Å²) in [4.78, 5) is 13.8. The molecule has 0 atom stereocenters. The van der Waals surface area contributed by atoms with Crippen molar-refractivity contribution >= 4 is 11.6 Å². The molecular weight excluding hydrogens is 316 g/mol. The monoisotopic (exact) mass is 338 g/mol. The number of rotatable bonds is 4. The summed E-state index contributed by atoms with van der Waals surface area (Å²) in [6, 6.07) is 12.3. The summed E-state index contributed by atoms with van der Waals surface area (Å²) in [5.74, 6) is 2.37. The Morgan fingerprint density at radius 3 is 2.52 bits per heavy atom. The first-order valence-corrected chi connectivity index (χ1v) is 8.62. The summed E-state index contributed by atoms with van der Waals surface area (Å²) in [6.07, 6.45) is 0. The summed E-state index contributed by atoms with van der Waals surface area (Å²) < 4.78 is 1.84. The number of piperazine rings is 1. The van der Waals surface area contributed by atoms with Crippen molar-refractivity contribution in [3.05, 3.63) is 42.2 Å². The normalized spacial score (nSPS) is 15.8. The first kappa shape index (κ1) is 16.0. The lowest BCUT2D eigenvalue weighted by Crippen LogP contribution is -2.47. The van der Waals surface area contributed by atoms with Crippen LogP contribution in [0.1, 0.15) is 5.82 Å². The number of benzene rings is 1. The van der Waals surface area contributed by atoms with Crippen LogP contribution in [0, 0.1) is 6.92 Å². The number of fused-ring (bicyclic) bond motifs is 1. The Bertz CT molecular complexity index is 855. The minimum absolute atomic E-state index is 0.208. The van der Waals surface area contributed by atoms with E-state index in [1.165, 1.54) is 0 Å². The molecule has 0 aliphatic carbocycles. The van der Waals surface area contributed by atoms with E-state index in [1.807, 2.05) is 29.6 Å². The fourth-order valence-corrected chi connectivity index (χ4v) is 3.28. The van der Waals surface area contributed by atoms with Gasteiger partial charge in [-0.2, -0.15) is 9.50 Å². The summed E-state index contributed by atoms with van der Waals surface area (Å²) in [5, 5.41) is 13.6. The molecule has 0 saturated carbocycles. The number of aliphatic hydroxyl groups excluding tert-OH is 1. The van der Waals surface area contributed by atoms with Crippen LogP contribution in [0.2, 0.25) is 0 Å². The Morgan fingerprint density at radius 1 is 1.04 bits per heavy atom. The van der Waals surface area contributed by atoms with Gasteiger partial charge in [0.05, 0.1) is 12.3 Å². The van der Waals surface area contributed by atoms with Gasteiger partial charge in [-0.1, -0.05) is 30.3 Å². The molecule has 7 heteroatoms. The van der Waals surface area contributed by atoms with E-state index in [0.717, 1.165) is 55.6 Å². The lowest BCUT2D eigenvalue weighted by molar-refractivity contribution is 0.188. The van der Waals surface area contributed by atoms with E-state index in [2.05, 4.69) is 43.1 Å². The van der Waals surface area contributed by atoms with Crippen LogP contribution in [0.4, 0.5) is 5.82 Å². The van der Waals surface area contributed by atoms with E-state index in [4.69, 9.17) is 5.11 Å². The molecule has 1 aliphatic rings. The first-order valence-electron chi connectivity index (χ1n) is 8.62. The number of aromatic nitrogens is 4. The van der Waals surface area contributed by atoms with Gasteiger partial charge in [0, 0.05) is 44.4 Å². The molecule has 7 nitrogen and oxygen atoms in total. The van der Waals surface area contributed by atoms with Crippen molar-refractivity contribution in [1.82, 2.24) is 24.5 Å². The number of β-amino-alcohol motifs (C(OH)–C–C–N with tert-alkyl or cyclic N) is 1. The fraction of sp³-hybridized carbons (Fsp3) is 0.389. The molecule has 1 N–H and O–H groups in total. The molecule has 130 valence electrons.